The van der Waals surface area contributed by atoms with Crippen LogP contribution in [0.5, 0.6) is 0 Å². The predicted octanol–water partition coefficient (Wildman–Crippen LogP) is 4.01. The van der Waals surface area contributed by atoms with E-state index in [4.69, 9.17) is 9.84 Å². The van der Waals surface area contributed by atoms with Crippen LogP contribution in [0.15, 0.2) is 79.0 Å². The van der Waals surface area contributed by atoms with E-state index in [2.05, 4.69) is 16.8 Å². The second-order valence-corrected chi connectivity index (χ2v) is 8.33. The molecule has 4 aromatic rings. The Morgan fingerprint density at radius 3 is 2.43 bits per heavy atom. The molecule has 3 heterocycles. The van der Waals surface area contributed by atoms with Crippen molar-refractivity contribution in [3.63, 3.8) is 0 Å². The molecule has 0 radical (unpaired) electrons. The molecule has 0 bridgehead atoms. The first kappa shape index (κ1) is 22.5. The molecule has 1 aliphatic heterocycles. The fourth-order valence-electron chi connectivity index (χ4n) is 4.66. The Hall–Kier alpha value is -4.33. The zero-order valence-corrected chi connectivity index (χ0v) is 19.7. The van der Waals surface area contributed by atoms with E-state index in [0.29, 0.717) is 13.0 Å². The third-order valence-electron chi connectivity index (χ3n) is 6.29. The number of nitrogens with one attached hydrogen (secondary N) is 1. The van der Waals surface area contributed by atoms with Crippen molar-refractivity contribution >= 4 is 12.0 Å². The molecule has 2 aromatic heterocycles. The third kappa shape index (κ3) is 4.07. The van der Waals surface area contributed by atoms with Crippen molar-refractivity contribution in [1.29, 1.82) is 0 Å². The summed E-state index contributed by atoms with van der Waals surface area (Å²) in [5.41, 5.74) is 4.75. The van der Waals surface area contributed by atoms with Crippen LogP contribution < -0.4 is 5.32 Å². The molecule has 0 saturated carbocycles. The molecule has 0 spiro atoms. The number of fused-ring (bicyclic) bond motifs is 3. The number of benzene rings is 2. The summed E-state index contributed by atoms with van der Waals surface area (Å²) in [7, 11) is 1.30. The summed E-state index contributed by atoms with van der Waals surface area (Å²) < 4.78 is 8.80. The van der Waals surface area contributed by atoms with E-state index in [9.17, 15) is 9.59 Å². The number of methoxy groups -OCH3 is 1. The lowest BCUT2D eigenvalue weighted by molar-refractivity contribution is -0.139. The maximum absolute atomic E-state index is 13.5. The lowest BCUT2D eigenvalue weighted by atomic mass is 10.0. The number of ether oxygens (including phenoxy) is 1. The lowest BCUT2D eigenvalue weighted by Gasteiger charge is -2.31. The number of carbonyl (C=O) groups excluding carboxylic acids is 2. The number of urea groups is 1. The molecule has 0 saturated heterocycles. The Bertz CT molecular complexity index is 1340. The zero-order chi connectivity index (χ0) is 24.4. The zero-order valence-electron chi connectivity index (χ0n) is 19.7. The Labute approximate surface area is 203 Å². The van der Waals surface area contributed by atoms with Crippen molar-refractivity contribution in [2.24, 2.45) is 0 Å². The van der Waals surface area contributed by atoms with E-state index in [1.54, 1.807) is 4.90 Å². The van der Waals surface area contributed by atoms with Crippen molar-refractivity contribution < 1.29 is 14.3 Å². The molecule has 178 valence electrons. The summed E-state index contributed by atoms with van der Waals surface area (Å²) in [6.07, 6.45) is 2.73. The van der Waals surface area contributed by atoms with Gasteiger partial charge in [0.15, 0.2) is 0 Å². The Morgan fingerprint density at radius 1 is 1.03 bits per heavy atom. The number of hydrogen-bond acceptors (Lipinski definition) is 4. The Morgan fingerprint density at radius 2 is 1.74 bits per heavy atom. The number of rotatable bonds is 5. The highest BCUT2D eigenvalue weighted by Gasteiger charge is 2.36. The van der Waals surface area contributed by atoms with Gasteiger partial charge in [-0.2, -0.15) is 5.10 Å². The molecule has 0 fully saturated rings. The number of esters is 1. The van der Waals surface area contributed by atoms with Gasteiger partial charge in [0.1, 0.15) is 12.4 Å². The van der Waals surface area contributed by atoms with Gasteiger partial charge in [0.05, 0.1) is 36.8 Å². The highest BCUT2D eigenvalue weighted by atomic mass is 16.5. The normalized spacial score (nSPS) is 14.6. The van der Waals surface area contributed by atoms with E-state index in [1.807, 2.05) is 83.7 Å². The van der Waals surface area contributed by atoms with Crippen LogP contribution in [-0.2, 0) is 22.5 Å². The van der Waals surface area contributed by atoms with Crippen molar-refractivity contribution in [3.8, 4) is 11.5 Å². The number of aromatic nitrogens is 3. The second-order valence-electron chi connectivity index (χ2n) is 8.33. The fraction of sp³-hybridized carbons (Fsp3) is 0.222. The molecule has 1 aliphatic rings. The minimum Gasteiger partial charge on any atom is -0.468 e. The van der Waals surface area contributed by atoms with Gasteiger partial charge >= 0.3 is 12.0 Å². The summed E-state index contributed by atoms with van der Waals surface area (Å²) in [5.74, 6) is 0.414. The SMILES string of the molecule is CCc1nn(-c2ccccc2)c2c1CN(C(=O)NCC(=O)OC)[C@@H](c1ccccc1)c1cccn1-2. The Balaban J connectivity index is 1.70. The maximum Gasteiger partial charge on any atom is 0.325 e. The van der Waals surface area contributed by atoms with Crippen LogP contribution >= 0.6 is 0 Å². The van der Waals surface area contributed by atoms with Crippen LogP contribution in [-0.4, -0.2) is 44.9 Å². The van der Waals surface area contributed by atoms with Crippen LogP contribution in [0.1, 0.15) is 35.5 Å². The number of amides is 2. The lowest BCUT2D eigenvalue weighted by Crippen LogP contribution is -2.44. The van der Waals surface area contributed by atoms with Gasteiger partial charge in [0, 0.05) is 11.8 Å². The van der Waals surface area contributed by atoms with Gasteiger partial charge in [-0.1, -0.05) is 55.5 Å². The highest BCUT2D eigenvalue weighted by molar-refractivity contribution is 5.81. The van der Waals surface area contributed by atoms with E-state index < -0.39 is 5.97 Å². The van der Waals surface area contributed by atoms with Gasteiger partial charge in [0.25, 0.3) is 0 Å². The highest BCUT2D eigenvalue weighted by Crippen LogP contribution is 2.38. The third-order valence-corrected chi connectivity index (χ3v) is 6.29. The number of aryl methyl sites for hydroxylation is 1. The summed E-state index contributed by atoms with van der Waals surface area (Å²) in [6.45, 7) is 2.19. The van der Waals surface area contributed by atoms with E-state index in [-0.39, 0.29) is 18.6 Å². The van der Waals surface area contributed by atoms with Gasteiger partial charge in [0.2, 0.25) is 0 Å². The van der Waals surface area contributed by atoms with Crippen LogP contribution in [0.3, 0.4) is 0 Å². The molecule has 0 unspecified atom stereocenters. The largest absolute Gasteiger partial charge is 0.468 e. The van der Waals surface area contributed by atoms with Gasteiger partial charge < -0.3 is 19.5 Å². The fourth-order valence-corrected chi connectivity index (χ4v) is 4.66. The summed E-state index contributed by atoms with van der Waals surface area (Å²) in [4.78, 5) is 27.1. The van der Waals surface area contributed by atoms with Crippen LogP contribution in [0.4, 0.5) is 4.79 Å². The molecule has 8 heteroatoms. The monoisotopic (exact) mass is 469 g/mol. The number of para-hydroxylation sites is 1. The first-order valence-electron chi connectivity index (χ1n) is 11.6. The van der Waals surface area contributed by atoms with Gasteiger partial charge in [-0.25, -0.2) is 9.48 Å². The molecular weight excluding hydrogens is 442 g/mol. The van der Waals surface area contributed by atoms with Gasteiger partial charge in [-0.3, -0.25) is 4.79 Å². The molecule has 0 aliphatic carbocycles. The average molecular weight is 470 g/mol. The Kier molecular flexibility index (Phi) is 6.10. The van der Waals surface area contributed by atoms with E-state index >= 15 is 0 Å². The maximum atomic E-state index is 13.5. The number of carbonyl (C=O) groups is 2. The van der Waals surface area contributed by atoms with Crippen molar-refractivity contribution in [2.45, 2.75) is 25.9 Å². The molecular formula is C27H27N5O3. The van der Waals surface area contributed by atoms with Gasteiger partial charge in [-0.15, -0.1) is 0 Å². The minimum atomic E-state index is -0.500. The molecule has 2 aromatic carbocycles. The van der Waals surface area contributed by atoms with Crippen molar-refractivity contribution in [3.05, 3.63) is 102 Å². The van der Waals surface area contributed by atoms with Crippen LogP contribution in [0.25, 0.3) is 11.5 Å². The summed E-state index contributed by atoms with van der Waals surface area (Å²) in [5, 5.41) is 7.68. The topological polar surface area (TPSA) is 81.4 Å². The second kappa shape index (κ2) is 9.50. The molecule has 1 atom stereocenters. The molecule has 35 heavy (non-hydrogen) atoms. The van der Waals surface area contributed by atoms with E-state index in [0.717, 1.165) is 34.0 Å². The first-order valence-corrected chi connectivity index (χ1v) is 11.6. The summed E-state index contributed by atoms with van der Waals surface area (Å²) >= 11 is 0. The number of hydrogen-bond donors (Lipinski definition) is 1. The van der Waals surface area contributed by atoms with Crippen LogP contribution in [0.2, 0.25) is 0 Å². The predicted molar refractivity (Wildman–Crippen MR) is 132 cm³/mol. The van der Waals surface area contributed by atoms with Crippen molar-refractivity contribution in [2.75, 3.05) is 13.7 Å². The molecule has 8 nitrogen and oxygen atoms in total. The van der Waals surface area contributed by atoms with Gasteiger partial charge in [-0.05, 0) is 36.2 Å². The molecule has 1 N–H and O–H groups in total. The first-order chi connectivity index (χ1) is 17.1. The standard InChI is InChI=1S/C27H27N5O3/c1-3-22-21-18-31(27(34)28-17-24(33)35-2)25(19-11-6-4-7-12-19)23-15-10-16-30(23)26(21)32(29-22)20-13-8-5-9-14-20/h4-16,25H,3,17-18H2,1-2H3,(H,28,34)/t25-/m0/s1. The average Bonchev–Trinajstić information content (AvgIpc) is 3.49. The molecule has 2 amide bonds. The molecule has 5 rings (SSSR count). The smallest absolute Gasteiger partial charge is 0.325 e. The van der Waals surface area contributed by atoms with Crippen LogP contribution in [0, 0.1) is 0 Å². The quantitative estimate of drug-likeness (QED) is 0.448. The number of nitrogens with zero attached hydrogens (tertiary/aromatic N) is 4. The van der Waals surface area contributed by atoms with E-state index in [1.165, 1.54) is 7.11 Å². The van der Waals surface area contributed by atoms with Crippen molar-refractivity contribution in [1.82, 2.24) is 24.6 Å². The summed E-state index contributed by atoms with van der Waals surface area (Å²) in [6, 6.07) is 23.2. The minimum absolute atomic E-state index is 0.203.